The van der Waals surface area contributed by atoms with Crippen LogP contribution in [-0.4, -0.2) is 18.8 Å². The Labute approximate surface area is 97.2 Å². The predicted molar refractivity (Wildman–Crippen MR) is 63.3 cm³/mol. The fourth-order valence-corrected chi connectivity index (χ4v) is 2.35. The highest BCUT2D eigenvalue weighted by molar-refractivity contribution is 5.03. The lowest BCUT2D eigenvalue weighted by atomic mass is 10.0. The third-order valence-electron chi connectivity index (χ3n) is 3.29. The second kappa shape index (κ2) is 5.51. The van der Waals surface area contributed by atoms with E-state index in [-0.39, 0.29) is 6.04 Å². The minimum Gasteiger partial charge on any atom is -0.468 e. The summed E-state index contributed by atoms with van der Waals surface area (Å²) >= 11 is 0. The summed E-state index contributed by atoms with van der Waals surface area (Å²) in [6.07, 6.45) is 5.56. The van der Waals surface area contributed by atoms with Crippen LogP contribution in [0.3, 0.4) is 0 Å². The van der Waals surface area contributed by atoms with Crippen LogP contribution in [0.2, 0.25) is 0 Å². The van der Waals surface area contributed by atoms with E-state index < -0.39 is 0 Å². The number of ether oxygens (including phenoxy) is 1. The van der Waals surface area contributed by atoms with Gasteiger partial charge in [-0.05, 0) is 38.3 Å². The highest BCUT2D eigenvalue weighted by atomic mass is 16.5. The third-order valence-corrected chi connectivity index (χ3v) is 3.29. The lowest BCUT2D eigenvalue weighted by molar-refractivity contribution is 0.0725. The molecule has 0 saturated carbocycles. The molecular formula is C13H21NO2. The zero-order valence-electron chi connectivity index (χ0n) is 10.1. The Morgan fingerprint density at radius 1 is 1.56 bits per heavy atom. The molecule has 0 spiro atoms. The summed E-state index contributed by atoms with van der Waals surface area (Å²) in [4.78, 5) is 0. The van der Waals surface area contributed by atoms with Gasteiger partial charge in [0.1, 0.15) is 5.76 Å². The SMILES string of the molecule is CCC(NC(C)c1ccco1)C1CCCO1. The summed E-state index contributed by atoms with van der Waals surface area (Å²) in [6.45, 7) is 5.25. The summed E-state index contributed by atoms with van der Waals surface area (Å²) in [6, 6.07) is 4.63. The summed E-state index contributed by atoms with van der Waals surface area (Å²) in [5, 5.41) is 3.59. The zero-order chi connectivity index (χ0) is 11.4. The van der Waals surface area contributed by atoms with Gasteiger partial charge in [0, 0.05) is 12.6 Å². The monoisotopic (exact) mass is 223 g/mol. The van der Waals surface area contributed by atoms with E-state index in [0.717, 1.165) is 18.8 Å². The molecule has 1 aromatic rings. The van der Waals surface area contributed by atoms with Crippen molar-refractivity contribution in [3.05, 3.63) is 24.2 Å². The van der Waals surface area contributed by atoms with Crippen LogP contribution in [0.25, 0.3) is 0 Å². The van der Waals surface area contributed by atoms with Crippen molar-refractivity contribution in [2.24, 2.45) is 0 Å². The zero-order valence-corrected chi connectivity index (χ0v) is 10.1. The molecule has 1 aliphatic heterocycles. The molecule has 90 valence electrons. The molecule has 0 radical (unpaired) electrons. The van der Waals surface area contributed by atoms with Crippen molar-refractivity contribution in [1.29, 1.82) is 0 Å². The van der Waals surface area contributed by atoms with Crippen molar-refractivity contribution >= 4 is 0 Å². The Morgan fingerprint density at radius 3 is 3.00 bits per heavy atom. The van der Waals surface area contributed by atoms with Crippen LogP contribution < -0.4 is 5.32 Å². The molecule has 1 aliphatic rings. The van der Waals surface area contributed by atoms with Crippen LogP contribution in [0.4, 0.5) is 0 Å². The van der Waals surface area contributed by atoms with E-state index in [9.17, 15) is 0 Å². The van der Waals surface area contributed by atoms with Gasteiger partial charge in [-0.3, -0.25) is 0 Å². The highest BCUT2D eigenvalue weighted by Gasteiger charge is 2.26. The number of hydrogen-bond donors (Lipinski definition) is 1. The van der Waals surface area contributed by atoms with Crippen molar-refractivity contribution in [1.82, 2.24) is 5.32 Å². The summed E-state index contributed by atoms with van der Waals surface area (Å²) in [5.74, 6) is 0.997. The molecule has 0 bridgehead atoms. The van der Waals surface area contributed by atoms with Gasteiger partial charge in [0.2, 0.25) is 0 Å². The van der Waals surface area contributed by atoms with Crippen molar-refractivity contribution in [3.63, 3.8) is 0 Å². The molecular weight excluding hydrogens is 202 g/mol. The van der Waals surface area contributed by atoms with Gasteiger partial charge in [-0.25, -0.2) is 0 Å². The van der Waals surface area contributed by atoms with Crippen LogP contribution >= 0.6 is 0 Å². The second-order valence-electron chi connectivity index (χ2n) is 4.47. The largest absolute Gasteiger partial charge is 0.468 e. The van der Waals surface area contributed by atoms with Crippen LogP contribution in [-0.2, 0) is 4.74 Å². The molecule has 0 aliphatic carbocycles. The normalized spacial score (nSPS) is 24.5. The van der Waals surface area contributed by atoms with Crippen molar-refractivity contribution in [3.8, 4) is 0 Å². The summed E-state index contributed by atoms with van der Waals surface area (Å²) in [7, 11) is 0. The van der Waals surface area contributed by atoms with Crippen LogP contribution in [0.1, 0.15) is 44.9 Å². The maximum atomic E-state index is 5.73. The Bertz CT molecular complexity index is 291. The fourth-order valence-electron chi connectivity index (χ4n) is 2.35. The molecule has 1 fully saturated rings. The van der Waals surface area contributed by atoms with Gasteiger partial charge in [-0.1, -0.05) is 6.92 Å². The van der Waals surface area contributed by atoms with Gasteiger partial charge < -0.3 is 14.5 Å². The number of nitrogens with one attached hydrogen (secondary N) is 1. The maximum absolute atomic E-state index is 5.73. The molecule has 1 aromatic heterocycles. The Kier molecular flexibility index (Phi) is 4.02. The lowest BCUT2D eigenvalue weighted by Crippen LogP contribution is -2.40. The van der Waals surface area contributed by atoms with Gasteiger partial charge >= 0.3 is 0 Å². The average molecular weight is 223 g/mol. The van der Waals surface area contributed by atoms with Gasteiger partial charge in [-0.15, -0.1) is 0 Å². The molecule has 1 N–H and O–H groups in total. The first-order valence-corrected chi connectivity index (χ1v) is 6.22. The predicted octanol–water partition coefficient (Wildman–Crippen LogP) is 2.89. The Hall–Kier alpha value is -0.800. The van der Waals surface area contributed by atoms with E-state index in [1.54, 1.807) is 6.26 Å². The quantitative estimate of drug-likeness (QED) is 0.833. The van der Waals surface area contributed by atoms with E-state index in [0.29, 0.717) is 12.1 Å². The Morgan fingerprint density at radius 2 is 2.44 bits per heavy atom. The van der Waals surface area contributed by atoms with Gasteiger partial charge in [-0.2, -0.15) is 0 Å². The molecule has 3 heteroatoms. The smallest absolute Gasteiger partial charge is 0.120 e. The van der Waals surface area contributed by atoms with Gasteiger partial charge in [0.05, 0.1) is 18.4 Å². The summed E-state index contributed by atoms with van der Waals surface area (Å²) < 4.78 is 11.1. The standard InChI is InChI=1S/C13H21NO2/c1-3-11(13-7-5-9-16-13)14-10(2)12-6-4-8-15-12/h4,6,8,10-11,13-14H,3,5,7,9H2,1-2H3. The molecule has 16 heavy (non-hydrogen) atoms. The van der Waals surface area contributed by atoms with Crippen LogP contribution in [0, 0.1) is 0 Å². The van der Waals surface area contributed by atoms with Crippen molar-refractivity contribution in [2.75, 3.05) is 6.61 Å². The molecule has 0 aromatic carbocycles. The van der Waals surface area contributed by atoms with Gasteiger partial charge in [0.25, 0.3) is 0 Å². The first-order valence-electron chi connectivity index (χ1n) is 6.22. The molecule has 1 saturated heterocycles. The van der Waals surface area contributed by atoms with Crippen LogP contribution in [0.15, 0.2) is 22.8 Å². The minimum absolute atomic E-state index is 0.254. The van der Waals surface area contributed by atoms with Gasteiger partial charge in [0.15, 0.2) is 0 Å². The minimum atomic E-state index is 0.254. The first-order chi connectivity index (χ1) is 7.81. The fraction of sp³-hybridized carbons (Fsp3) is 0.692. The molecule has 3 unspecified atom stereocenters. The first kappa shape index (κ1) is 11.7. The summed E-state index contributed by atoms with van der Waals surface area (Å²) in [5.41, 5.74) is 0. The lowest BCUT2D eigenvalue weighted by Gasteiger charge is -2.25. The highest BCUT2D eigenvalue weighted by Crippen LogP contribution is 2.21. The maximum Gasteiger partial charge on any atom is 0.120 e. The second-order valence-corrected chi connectivity index (χ2v) is 4.47. The van der Waals surface area contributed by atoms with E-state index >= 15 is 0 Å². The van der Waals surface area contributed by atoms with Crippen LogP contribution in [0.5, 0.6) is 0 Å². The van der Waals surface area contributed by atoms with Crippen molar-refractivity contribution < 1.29 is 9.15 Å². The van der Waals surface area contributed by atoms with Crippen molar-refractivity contribution in [2.45, 2.75) is 51.3 Å². The molecule has 0 amide bonds. The van der Waals surface area contributed by atoms with E-state index in [1.165, 1.54) is 12.8 Å². The number of hydrogen-bond acceptors (Lipinski definition) is 3. The Balaban J connectivity index is 1.90. The molecule has 2 rings (SSSR count). The van der Waals surface area contributed by atoms with E-state index in [1.807, 2.05) is 12.1 Å². The molecule has 2 heterocycles. The average Bonchev–Trinajstić information content (AvgIpc) is 2.96. The third kappa shape index (κ3) is 2.66. The number of furan rings is 1. The molecule has 3 atom stereocenters. The van der Waals surface area contributed by atoms with E-state index in [2.05, 4.69) is 19.2 Å². The molecule has 3 nitrogen and oxygen atoms in total. The topological polar surface area (TPSA) is 34.4 Å². The number of rotatable bonds is 5. The van der Waals surface area contributed by atoms with E-state index in [4.69, 9.17) is 9.15 Å².